The first kappa shape index (κ1) is 23.4. The molecule has 2 saturated heterocycles. The van der Waals surface area contributed by atoms with Gasteiger partial charge in [-0.1, -0.05) is 18.5 Å². The highest BCUT2D eigenvalue weighted by Crippen LogP contribution is 2.39. The first-order valence-electron chi connectivity index (χ1n) is 9.99. The summed E-state index contributed by atoms with van der Waals surface area (Å²) in [6, 6.07) is 3.34. The number of rotatable bonds is 7. The van der Waals surface area contributed by atoms with Gasteiger partial charge in [-0.15, -0.1) is 0 Å². The van der Waals surface area contributed by atoms with Crippen LogP contribution in [0, 0.1) is 0 Å². The van der Waals surface area contributed by atoms with Crippen molar-refractivity contribution < 1.29 is 28.6 Å². The third-order valence-electron chi connectivity index (χ3n) is 4.97. The Hall–Kier alpha value is -2.23. The summed E-state index contributed by atoms with van der Waals surface area (Å²) in [6.45, 7) is 5.45. The third-order valence-corrected chi connectivity index (χ3v) is 6.16. The second kappa shape index (κ2) is 10.4. The number of amides is 3. The van der Waals surface area contributed by atoms with Crippen LogP contribution in [-0.4, -0.2) is 72.9 Å². The second-order valence-electron chi connectivity index (χ2n) is 7.13. The van der Waals surface area contributed by atoms with E-state index in [4.69, 9.17) is 25.8 Å². The van der Waals surface area contributed by atoms with E-state index in [0.717, 1.165) is 23.1 Å². The van der Waals surface area contributed by atoms with Crippen molar-refractivity contribution in [2.75, 3.05) is 40.0 Å². The summed E-state index contributed by atoms with van der Waals surface area (Å²) in [7, 11) is 1.50. The molecule has 0 unspecified atom stereocenters. The number of benzene rings is 1. The Balaban J connectivity index is 1.77. The maximum atomic E-state index is 12.8. The molecular weight excluding hydrogens is 444 g/mol. The first-order valence-corrected chi connectivity index (χ1v) is 11.2. The van der Waals surface area contributed by atoms with E-state index in [1.54, 1.807) is 23.1 Å². The molecule has 1 aromatic carbocycles. The summed E-state index contributed by atoms with van der Waals surface area (Å²) < 4.78 is 16.5. The summed E-state index contributed by atoms with van der Waals surface area (Å²) in [5.74, 6) is 0.0791. The molecule has 2 heterocycles. The molecule has 10 heteroatoms. The minimum atomic E-state index is -0.508. The molecule has 3 rings (SSSR count). The lowest BCUT2D eigenvalue weighted by Gasteiger charge is -2.28. The minimum Gasteiger partial charge on any atom is -0.493 e. The Kier molecular flexibility index (Phi) is 7.85. The van der Waals surface area contributed by atoms with Gasteiger partial charge < -0.3 is 19.1 Å². The van der Waals surface area contributed by atoms with Crippen molar-refractivity contribution in [3.8, 4) is 11.5 Å². The Morgan fingerprint density at radius 1 is 1.32 bits per heavy atom. The van der Waals surface area contributed by atoms with Gasteiger partial charge in [-0.3, -0.25) is 19.3 Å². The zero-order valence-corrected chi connectivity index (χ0v) is 19.3. The van der Waals surface area contributed by atoms with E-state index >= 15 is 0 Å². The molecule has 1 atom stereocenters. The number of imide groups is 1. The highest BCUT2D eigenvalue weighted by Gasteiger charge is 2.37. The fourth-order valence-electron chi connectivity index (χ4n) is 3.06. The highest BCUT2D eigenvalue weighted by molar-refractivity contribution is 8.18. The Morgan fingerprint density at radius 3 is 2.68 bits per heavy atom. The second-order valence-corrected chi connectivity index (χ2v) is 8.53. The van der Waals surface area contributed by atoms with Gasteiger partial charge in [0.05, 0.1) is 36.4 Å². The van der Waals surface area contributed by atoms with Crippen LogP contribution in [0.3, 0.4) is 0 Å². The fourth-order valence-corrected chi connectivity index (χ4v) is 4.16. The van der Waals surface area contributed by atoms with Crippen molar-refractivity contribution >= 4 is 46.5 Å². The van der Waals surface area contributed by atoms with Crippen LogP contribution in [0.4, 0.5) is 4.79 Å². The van der Waals surface area contributed by atoms with Crippen molar-refractivity contribution in [3.05, 3.63) is 27.6 Å². The summed E-state index contributed by atoms with van der Waals surface area (Å²) in [6.07, 6.45) is 2.32. The van der Waals surface area contributed by atoms with Crippen LogP contribution in [0.15, 0.2) is 17.0 Å². The van der Waals surface area contributed by atoms with Crippen molar-refractivity contribution in [1.82, 2.24) is 9.80 Å². The number of thioether (sulfide) groups is 1. The van der Waals surface area contributed by atoms with Crippen LogP contribution in [0.2, 0.25) is 5.02 Å². The SMILES string of the molecule is CC[C@@H](C)Oc1c(Cl)cc(/C=C2/SC(=O)N(CC(=O)N3CCOCC3)C2=O)cc1OC. The molecule has 1 aromatic rings. The molecule has 0 bridgehead atoms. The number of carbonyl (C=O) groups is 3. The van der Waals surface area contributed by atoms with Gasteiger partial charge in [-0.05, 0) is 48.9 Å². The van der Waals surface area contributed by atoms with E-state index < -0.39 is 11.1 Å². The molecule has 2 aliphatic rings. The number of methoxy groups -OCH3 is 1. The van der Waals surface area contributed by atoms with Gasteiger partial charge >= 0.3 is 0 Å². The van der Waals surface area contributed by atoms with Crippen LogP contribution >= 0.6 is 23.4 Å². The van der Waals surface area contributed by atoms with Crippen molar-refractivity contribution in [2.24, 2.45) is 0 Å². The number of nitrogens with zero attached hydrogens (tertiary/aromatic N) is 2. The molecule has 8 nitrogen and oxygen atoms in total. The third kappa shape index (κ3) is 5.53. The number of hydrogen-bond acceptors (Lipinski definition) is 7. The molecule has 168 valence electrons. The lowest BCUT2D eigenvalue weighted by molar-refractivity contribution is -0.139. The van der Waals surface area contributed by atoms with Crippen LogP contribution < -0.4 is 9.47 Å². The Bertz CT molecular complexity index is 900. The molecule has 0 aliphatic carbocycles. The van der Waals surface area contributed by atoms with Gasteiger partial charge in [-0.25, -0.2) is 0 Å². The Labute approximate surface area is 190 Å². The molecule has 0 radical (unpaired) electrons. The zero-order valence-electron chi connectivity index (χ0n) is 17.7. The average Bonchev–Trinajstić information content (AvgIpc) is 3.02. The Morgan fingerprint density at radius 2 is 2.03 bits per heavy atom. The summed E-state index contributed by atoms with van der Waals surface area (Å²) in [4.78, 5) is 40.3. The van der Waals surface area contributed by atoms with Crippen LogP contribution in [0.25, 0.3) is 6.08 Å². The van der Waals surface area contributed by atoms with Gasteiger partial charge in [0.25, 0.3) is 11.1 Å². The van der Waals surface area contributed by atoms with Crippen molar-refractivity contribution in [1.29, 1.82) is 0 Å². The maximum Gasteiger partial charge on any atom is 0.294 e. The zero-order chi connectivity index (χ0) is 22.5. The molecule has 3 amide bonds. The average molecular weight is 469 g/mol. The van der Waals surface area contributed by atoms with Crippen LogP contribution in [-0.2, 0) is 14.3 Å². The van der Waals surface area contributed by atoms with Crippen molar-refractivity contribution in [2.45, 2.75) is 26.4 Å². The largest absolute Gasteiger partial charge is 0.493 e. The van der Waals surface area contributed by atoms with E-state index in [2.05, 4.69) is 0 Å². The molecule has 0 saturated carbocycles. The normalized spacial score (nSPS) is 19.2. The quantitative estimate of drug-likeness (QED) is 0.567. The smallest absolute Gasteiger partial charge is 0.294 e. The van der Waals surface area contributed by atoms with E-state index in [0.29, 0.717) is 48.4 Å². The molecule has 0 spiro atoms. The van der Waals surface area contributed by atoms with Gasteiger partial charge in [0.1, 0.15) is 6.54 Å². The maximum absolute atomic E-state index is 12.8. The molecule has 31 heavy (non-hydrogen) atoms. The summed E-state index contributed by atoms with van der Waals surface area (Å²) in [5, 5.41) is -0.139. The number of carbonyl (C=O) groups excluding carboxylic acids is 3. The van der Waals surface area contributed by atoms with Gasteiger partial charge in [0.15, 0.2) is 11.5 Å². The summed E-state index contributed by atoms with van der Waals surface area (Å²) in [5.41, 5.74) is 0.586. The van der Waals surface area contributed by atoms with E-state index in [-0.39, 0.29) is 23.5 Å². The van der Waals surface area contributed by atoms with Crippen LogP contribution in [0.5, 0.6) is 11.5 Å². The van der Waals surface area contributed by atoms with E-state index in [1.165, 1.54) is 7.11 Å². The fraction of sp³-hybridized carbons (Fsp3) is 0.476. The topological polar surface area (TPSA) is 85.4 Å². The number of morpholine rings is 1. The predicted molar refractivity (Wildman–Crippen MR) is 118 cm³/mol. The molecule has 2 fully saturated rings. The number of ether oxygens (including phenoxy) is 3. The van der Waals surface area contributed by atoms with Gasteiger partial charge in [-0.2, -0.15) is 0 Å². The molecule has 0 N–H and O–H groups in total. The van der Waals surface area contributed by atoms with Gasteiger partial charge in [0, 0.05) is 13.1 Å². The monoisotopic (exact) mass is 468 g/mol. The number of halogens is 1. The van der Waals surface area contributed by atoms with Gasteiger partial charge in [0.2, 0.25) is 5.91 Å². The molecule has 0 aromatic heterocycles. The predicted octanol–water partition coefficient (Wildman–Crippen LogP) is 3.42. The minimum absolute atomic E-state index is 0.0437. The van der Waals surface area contributed by atoms with E-state index in [1.807, 2.05) is 13.8 Å². The van der Waals surface area contributed by atoms with Crippen LogP contribution in [0.1, 0.15) is 25.8 Å². The van der Waals surface area contributed by atoms with E-state index in [9.17, 15) is 14.4 Å². The molecular formula is C21H25ClN2O6S. The van der Waals surface area contributed by atoms with Crippen molar-refractivity contribution in [3.63, 3.8) is 0 Å². The lowest BCUT2D eigenvalue weighted by atomic mass is 10.1. The number of hydrogen-bond donors (Lipinski definition) is 0. The lowest BCUT2D eigenvalue weighted by Crippen LogP contribution is -2.46. The molecule has 2 aliphatic heterocycles. The highest BCUT2D eigenvalue weighted by atomic mass is 35.5. The summed E-state index contributed by atoms with van der Waals surface area (Å²) >= 11 is 7.18. The standard InChI is InChI=1S/C21H25ClN2O6S/c1-4-13(2)30-19-15(22)9-14(10-16(19)28-3)11-17-20(26)24(21(27)31-17)12-18(25)23-5-7-29-8-6-23/h9-11,13H,4-8,12H2,1-3H3/b17-11+/t13-/m1/s1. The first-order chi connectivity index (χ1) is 14.8.